The second kappa shape index (κ2) is 9.33. The summed E-state index contributed by atoms with van der Waals surface area (Å²) >= 11 is 6.25. The SMILES string of the molecule is CCCNC(CCOCC(F)F)Cc1c(Cl)c(C)nn1C. The maximum atomic E-state index is 12.0. The zero-order valence-corrected chi connectivity index (χ0v) is 13.6. The molecule has 1 unspecified atom stereocenters. The molecule has 0 saturated heterocycles. The molecule has 0 aromatic carbocycles. The highest BCUT2D eigenvalue weighted by atomic mass is 35.5. The van der Waals surface area contributed by atoms with Crippen molar-refractivity contribution in [3.8, 4) is 0 Å². The minimum atomic E-state index is -2.42. The number of halogens is 3. The highest BCUT2D eigenvalue weighted by Crippen LogP contribution is 2.21. The molecule has 1 aromatic heterocycles. The summed E-state index contributed by atoms with van der Waals surface area (Å²) in [5.41, 5.74) is 1.76. The predicted octanol–water partition coefficient (Wildman–Crippen LogP) is 2.96. The van der Waals surface area contributed by atoms with Crippen LogP contribution in [0.4, 0.5) is 8.78 Å². The van der Waals surface area contributed by atoms with E-state index in [0.717, 1.165) is 24.4 Å². The number of ether oxygens (including phenoxy) is 1. The monoisotopic (exact) mass is 323 g/mol. The lowest BCUT2D eigenvalue weighted by atomic mass is 10.1. The standard InChI is InChI=1S/C14H24ClF2N3O/c1-4-6-18-11(5-7-21-9-13(16)17)8-12-14(15)10(2)19-20(12)3/h11,13,18H,4-9H2,1-3H3. The summed E-state index contributed by atoms with van der Waals surface area (Å²) in [5.74, 6) is 0. The number of nitrogens with zero attached hydrogens (tertiary/aromatic N) is 2. The third-order valence-corrected chi connectivity index (χ3v) is 3.73. The van der Waals surface area contributed by atoms with Crippen molar-refractivity contribution < 1.29 is 13.5 Å². The van der Waals surface area contributed by atoms with Gasteiger partial charge in [-0.15, -0.1) is 0 Å². The molecule has 7 heteroatoms. The van der Waals surface area contributed by atoms with Crippen LogP contribution in [0.5, 0.6) is 0 Å². The van der Waals surface area contributed by atoms with Gasteiger partial charge in [-0.25, -0.2) is 8.78 Å². The smallest absolute Gasteiger partial charge is 0.261 e. The number of alkyl halides is 2. The van der Waals surface area contributed by atoms with Gasteiger partial charge in [-0.3, -0.25) is 4.68 Å². The van der Waals surface area contributed by atoms with Crippen LogP contribution in [-0.4, -0.2) is 42.0 Å². The first kappa shape index (κ1) is 18.3. The van der Waals surface area contributed by atoms with Crippen LogP contribution in [-0.2, 0) is 18.2 Å². The number of nitrogens with one attached hydrogen (secondary N) is 1. The van der Waals surface area contributed by atoms with Crippen LogP contribution in [0.25, 0.3) is 0 Å². The zero-order valence-electron chi connectivity index (χ0n) is 12.8. The minimum Gasteiger partial charge on any atom is -0.375 e. The molecule has 122 valence electrons. The van der Waals surface area contributed by atoms with Crippen LogP contribution < -0.4 is 5.32 Å². The van der Waals surface area contributed by atoms with Gasteiger partial charge in [0.05, 0.1) is 16.4 Å². The molecule has 0 aliphatic rings. The molecule has 4 nitrogen and oxygen atoms in total. The topological polar surface area (TPSA) is 39.1 Å². The average Bonchev–Trinajstić information content (AvgIpc) is 2.66. The molecule has 1 aromatic rings. The summed E-state index contributed by atoms with van der Waals surface area (Å²) < 4.78 is 30.8. The number of hydrogen-bond donors (Lipinski definition) is 1. The van der Waals surface area contributed by atoms with E-state index in [9.17, 15) is 8.78 Å². The molecule has 1 N–H and O–H groups in total. The second-order valence-electron chi connectivity index (χ2n) is 5.08. The molecule has 0 aliphatic heterocycles. The Morgan fingerprint density at radius 1 is 1.43 bits per heavy atom. The zero-order chi connectivity index (χ0) is 15.8. The lowest BCUT2D eigenvalue weighted by Crippen LogP contribution is -2.33. The third kappa shape index (κ3) is 6.28. The first-order chi connectivity index (χ1) is 9.95. The Hall–Kier alpha value is -0.720. The fourth-order valence-electron chi connectivity index (χ4n) is 2.16. The van der Waals surface area contributed by atoms with Gasteiger partial charge in [0, 0.05) is 26.1 Å². The van der Waals surface area contributed by atoms with Crippen molar-refractivity contribution in [2.24, 2.45) is 7.05 Å². The Morgan fingerprint density at radius 2 is 2.14 bits per heavy atom. The fraction of sp³-hybridized carbons (Fsp3) is 0.786. The molecule has 0 saturated carbocycles. The highest BCUT2D eigenvalue weighted by molar-refractivity contribution is 6.31. The van der Waals surface area contributed by atoms with E-state index in [2.05, 4.69) is 17.3 Å². The van der Waals surface area contributed by atoms with Crippen molar-refractivity contribution in [1.29, 1.82) is 0 Å². The van der Waals surface area contributed by atoms with E-state index in [1.807, 2.05) is 14.0 Å². The minimum absolute atomic E-state index is 0.134. The van der Waals surface area contributed by atoms with Gasteiger partial charge in [-0.1, -0.05) is 18.5 Å². The molecule has 0 aliphatic carbocycles. The van der Waals surface area contributed by atoms with Gasteiger partial charge in [0.15, 0.2) is 0 Å². The lowest BCUT2D eigenvalue weighted by Gasteiger charge is -2.19. The van der Waals surface area contributed by atoms with E-state index >= 15 is 0 Å². The first-order valence-electron chi connectivity index (χ1n) is 7.22. The number of rotatable bonds is 10. The molecular formula is C14H24ClF2N3O. The summed E-state index contributed by atoms with van der Waals surface area (Å²) in [4.78, 5) is 0. The number of aryl methyl sites for hydroxylation is 2. The molecule has 1 atom stereocenters. The number of aromatic nitrogens is 2. The Morgan fingerprint density at radius 3 is 2.67 bits per heavy atom. The molecule has 1 rings (SSSR count). The van der Waals surface area contributed by atoms with Crippen molar-refractivity contribution in [1.82, 2.24) is 15.1 Å². The molecular weight excluding hydrogens is 300 g/mol. The summed E-state index contributed by atoms with van der Waals surface area (Å²) in [6.07, 6.45) is -0.0465. The van der Waals surface area contributed by atoms with Crippen LogP contribution in [0, 0.1) is 6.92 Å². The van der Waals surface area contributed by atoms with Crippen LogP contribution in [0.2, 0.25) is 5.02 Å². The lowest BCUT2D eigenvalue weighted by molar-refractivity contribution is 0.0144. The molecule has 0 radical (unpaired) electrons. The van der Waals surface area contributed by atoms with Crippen LogP contribution in [0.15, 0.2) is 0 Å². The maximum Gasteiger partial charge on any atom is 0.261 e. The van der Waals surface area contributed by atoms with Crippen molar-refractivity contribution in [2.45, 2.75) is 45.6 Å². The van der Waals surface area contributed by atoms with E-state index in [4.69, 9.17) is 16.3 Å². The first-order valence-corrected chi connectivity index (χ1v) is 7.60. The van der Waals surface area contributed by atoms with E-state index in [0.29, 0.717) is 24.5 Å². The van der Waals surface area contributed by atoms with Crippen molar-refractivity contribution in [2.75, 3.05) is 19.8 Å². The predicted molar refractivity (Wildman–Crippen MR) is 80.2 cm³/mol. The van der Waals surface area contributed by atoms with Crippen LogP contribution in [0.1, 0.15) is 31.2 Å². The summed E-state index contributed by atoms with van der Waals surface area (Å²) in [5, 5.41) is 8.37. The van der Waals surface area contributed by atoms with E-state index in [-0.39, 0.29) is 6.04 Å². The molecule has 0 amide bonds. The summed E-state index contributed by atoms with van der Waals surface area (Å²) in [7, 11) is 1.86. The van der Waals surface area contributed by atoms with Gasteiger partial charge >= 0.3 is 0 Å². The molecule has 21 heavy (non-hydrogen) atoms. The Labute approximate surface area is 129 Å². The van der Waals surface area contributed by atoms with Gasteiger partial charge in [0.1, 0.15) is 6.61 Å². The third-order valence-electron chi connectivity index (χ3n) is 3.24. The Balaban J connectivity index is 2.56. The second-order valence-corrected chi connectivity index (χ2v) is 5.46. The largest absolute Gasteiger partial charge is 0.375 e. The van der Waals surface area contributed by atoms with E-state index in [1.165, 1.54) is 0 Å². The van der Waals surface area contributed by atoms with E-state index in [1.54, 1.807) is 4.68 Å². The molecule has 0 bridgehead atoms. The van der Waals surface area contributed by atoms with Gasteiger partial charge in [0.2, 0.25) is 0 Å². The van der Waals surface area contributed by atoms with Crippen LogP contribution >= 0.6 is 11.6 Å². The Bertz CT molecular complexity index is 427. The van der Waals surface area contributed by atoms with Gasteiger partial charge < -0.3 is 10.1 Å². The Kier molecular flexibility index (Phi) is 8.14. The maximum absolute atomic E-state index is 12.0. The average molecular weight is 324 g/mol. The van der Waals surface area contributed by atoms with Gasteiger partial charge in [0.25, 0.3) is 6.43 Å². The van der Waals surface area contributed by atoms with Crippen molar-refractivity contribution >= 4 is 11.6 Å². The van der Waals surface area contributed by atoms with E-state index < -0.39 is 13.0 Å². The van der Waals surface area contributed by atoms with Crippen molar-refractivity contribution in [3.63, 3.8) is 0 Å². The van der Waals surface area contributed by atoms with Gasteiger partial charge in [-0.2, -0.15) is 5.10 Å². The fourth-order valence-corrected chi connectivity index (χ4v) is 2.40. The van der Waals surface area contributed by atoms with Crippen LogP contribution in [0.3, 0.4) is 0 Å². The van der Waals surface area contributed by atoms with Gasteiger partial charge in [-0.05, 0) is 26.3 Å². The molecule has 1 heterocycles. The summed E-state index contributed by atoms with van der Waals surface area (Å²) in [6.45, 7) is 4.62. The normalized spacial score (nSPS) is 13.1. The number of hydrogen-bond acceptors (Lipinski definition) is 3. The quantitative estimate of drug-likeness (QED) is 0.673. The van der Waals surface area contributed by atoms with Crippen molar-refractivity contribution in [3.05, 3.63) is 16.4 Å². The highest BCUT2D eigenvalue weighted by Gasteiger charge is 2.17. The molecule has 0 spiro atoms. The summed E-state index contributed by atoms with van der Waals surface area (Å²) in [6, 6.07) is 0.134. The molecule has 0 fully saturated rings.